The van der Waals surface area contributed by atoms with Gasteiger partial charge in [-0.15, -0.1) is 11.8 Å². The summed E-state index contributed by atoms with van der Waals surface area (Å²) in [5.74, 6) is 1.07. The molecule has 1 aliphatic heterocycles. The van der Waals surface area contributed by atoms with Gasteiger partial charge < -0.3 is 4.74 Å². The van der Waals surface area contributed by atoms with Gasteiger partial charge in [-0.05, 0) is 6.07 Å². The van der Waals surface area contributed by atoms with E-state index in [1.807, 2.05) is 28.7 Å². The lowest BCUT2D eigenvalue weighted by Gasteiger charge is -2.21. The van der Waals surface area contributed by atoms with Crippen molar-refractivity contribution in [2.45, 2.75) is 5.37 Å². The molecule has 0 aromatic carbocycles. The number of hydrogen-bond donors (Lipinski definition) is 0. The van der Waals surface area contributed by atoms with Gasteiger partial charge in [-0.25, -0.2) is 0 Å². The highest BCUT2D eigenvalue weighted by Crippen LogP contribution is 2.25. The molecular formula is C7H10N2OS. The molecule has 1 fully saturated rings. The molecule has 0 N–H and O–H groups in total. The molecule has 0 bridgehead atoms. The third-order valence-corrected chi connectivity index (χ3v) is 2.76. The monoisotopic (exact) mass is 170 g/mol. The van der Waals surface area contributed by atoms with E-state index in [0.717, 1.165) is 19.0 Å². The lowest BCUT2D eigenvalue weighted by molar-refractivity contribution is 0.127. The van der Waals surface area contributed by atoms with Crippen molar-refractivity contribution in [3.8, 4) is 0 Å². The number of ether oxygens (including phenoxy) is 1. The van der Waals surface area contributed by atoms with E-state index in [-0.39, 0.29) is 0 Å². The molecule has 1 aromatic rings. The molecule has 1 aliphatic rings. The Kier molecular flexibility index (Phi) is 2.14. The predicted molar refractivity (Wildman–Crippen MR) is 44.5 cm³/mol. The summed E-state index contributed by atoms with van der Waals surface area (Å²) in [5.41, 5.74) is 0. The molecule has 0 aliphatic carbocycles. The third kappa shape index (κ3) is 1.57. The van der Waals surface area contributed by atoms with E-state index in [1.54, 1.807) is 6.20 Å². The summed E-state index contributed by atoms with van der Waals surface area (Å²) in [7, 11) is 0. The van der Waals surface area contributed by atoms with Crippen LogP contribution in [0, 0.1) is 0 Å². The SMILES string of the molecule is c1cnn(C2COCCS2)c1. The summed E-state index contributed by atoms with van der Waals surface area (Å²) < 4.78 is 7.27. The Hall–Kier alpha value is -0.480. The summed E-state index contributed by atoms with van der Waals surface area (Å²) in [4.78, 5) is 0. The van der Waals surface area contributed by atoms with Crippen molar-refractivity contribution in [1.29, 1.82) is 0 Å². The quantitative estimate of drug-likeness (QED) is 0.632. The van der Waals surface area contributed by atoms with Gasteiger partial charge in [0.25, 0.3) is 0 Å². The van der Waals surface area contributed by atoms with Crippen LogP contribution in [0.5, 0.6) is 0 Å². The van der Waals surface area contributed by atoms with E-state index in [4.69, 9.17) is 4.74 Å². The fourth-order valence-corrected chi connectivity index (χ4v) is 2.04. The van der Waals surface area contributed by atoms with Crippen LogP contribution < -0.4 is 0 Å². The molecule has 1 unspecified atom stereocenters. The maximum absolute atomic E-state index is 5.32. The zero-order chi connectivity index (χ0) is 7.52. The molecule has 0 saturated carbocycles. The molecule has 0 radical (unpaired) electrons. The zero-order valence-electron chi connectivity index (χ0n) is 6.14. The van der Waals surface area contributed by atoms with Gasteiger partial charge in [0.15, 0.2) is 0 Å². The van der Waals surface area contributed by atoms with Crippen LogP contribution in [0.2, 0.25) is 0 Å². The van der Waals surface area contributed by atoms with E-state index < -0.39 is 0 Å². The lowest BCUT2D eigenvalue weighted by atomic mass is 10.6. The second-order valence-electron chi connectivity index (χ2n) is 2.39. The molecule has 2 heterocycles. The molecule has 60 valence electrons. The van der Waals surface area contributed by atoms with Gasteiger partial charge >= 0.3 is 0 Å². The first-order chi connectivity index (χ1) is 5.47. The summed E-state index contributed by atoms with van der Waals surface area (Å²) >= 11 is 1.90. The first kappa shape index (κ1) is 7.18. The minimum absolute atomic E-state index is 0.388. The maximum atomic E-state index is 5.32. The average molecular weight is 170 g/mol. The predicted octanol–water partition coefficient (Wildman–Crippen LogP) is 1.15. The molecule has 0 amide bonds. The van der Waals surface area contributed by atoms with Crippen molar-refractivity contribution in [1.82, 2.24) is 9.78 Å². The Morgan fingerprint density at radius 3 is 3.27 bits per heavy atom. The maximum Gasteiger partial charge on any atom is 0.120 e. The fourth-order valence-electron chi connectivity index (χ4n) is 1.08. The smallest absolute Gasteiger partial charge is 0.120 e. The Balaban J connectivity index is 2.04. The molecule has 0 spiro atoms. The molecular weight excluding hydrogens is 160 g/mol. The molecule has 1 atom stereocenters. The summed E-state index contributed by atoms with van der Waals surface area (Å²) in [5, 5.41) is 4.54. The minimum atomic E-state index is 0.388. The average Bonchev–Trinajstić information content (AvgIpc) is 2.58. The van der Waals surface area contributed by atoms with Gasteiger partial charge in [-0.1, -0.05) is 0 Å². The van der Waals surface area contributed by atoms with Crippen molar-refractivity contribution >= 4 is 11.8 Å². The molecule has 1 saturated heterocycles. The van der Waals surface area contributed by atoms with Crippen molar-refractivity contribution in [2.24, 2.45) is 0 Å². The molecule has 2 rings (SSSR count). The van der Waals surface area contributed by atoms with Crippen LogP contribution in [0.25, 0.3) is 0 Å². The van der Waals surface area contributed by atoms with E-state index in [0.29, 0.717) is 5.37 Å². The summed E-state index contributed by atoms with van der Waals surface area (Å²) in [6, 6.07) is 1.94. The fraction of sp³-hybridized carbons (Fsp3) is 0.571. The number of nitrogens with zero attached hydrogens (tertiary/aromatic N) is 2. The number of rotatable bonds is 1. The van der Waals surface area contributed by atoms with Gasteiger partial charge in [0.2, 0.25) is 0 Å². The number of aromatic nitrogens is 2. The highest BCUT2D eigenvalue weighted by Gasteiger charge is 2.15. The normalized spacial score (nSPS) is 25.3. The first-order valence-electron chi connectivity index (χ1n) is 3.65. The highest BCUT2D eigenvalue weighted by molar-refractivity contribution is 7.99. The van der Waals surface area contributed by atoms with Crippen molar-refractivity contribution in [3.63, 3.8) is 0 Å². The Morgan fingerprint density at radius 2 is 2.64 bits per heavy atom. The second-order valence-corrected chi connectivity index (χ2v) is 3.67. The largest absolute Gasteiger partial charge is 0.377 e. The van der Waals surface area contributed by atoms with Gasteiger partial charge in [-0.2, -0.15) is 5.10 Å². The van der Waals surface area contributed by atoms with Gasteiger partial charge in [0, 0.05) is 18.1 Å². The van der Waals surface area contributed by atoms with Gasteiger partial charge in [-0.3, -0.25) is 4.68 Å². The van der Waals surface area contributed by atoms with Gasteiger partial charge in [0.1, 0.15) is 5.37 Å². The lowest BCUT2D eigenvalue weighted by Crippen LogP contribution is -2.19. The van der Waals surface area contributed by atoms with Crippen molar-refractivity contribution in [3.05, 3.63) is 18.5 Å². The van der Waals surface area contributed by atoms with Crippen LogP contribution in [-0.2, 0) is 4.74 Å². The Labute approximate surface area is 69.7 Å². The molecule has 3 nitrogen and oxygen atoms in total. The minimum Gasteiger partial charge on any atom is -0.377 e. The third-order valence-electron chi connectivity index (χ3n) is 1.62. The first-order valence-corrected chi connectivity index (χ1v) is 4.70. The van der Waals surface area contributed by atoms with Crippen LogP contribution in [0.3, 0.4) is 0 Å². The molecule has 11 heavy (non-hydrogen) atoms. The van der Waals surface area contributed by atoms with E-state index in [9.17, 15) is 0 Å². The molecule has 4 heteroatoms. The summed E-state index contributed by atoms with van der Waals surface area (Å²) in [6.07, 6.45) is 3.78. The van der Waals surface area contributed by atoms with Crippen molar-refractivity contribution in [2.75, 3.05) is 19.0 Å². The van der Waals surface area contributed by atoms with Gasteiger partial charge in [0.05, 0.1) is 13.2 Å². The van der Waals surface area contributed by atoms with Crippen molar-refractivity contribution < 1.29 is 4.74 Å². The number of hydrogen-bond acceptors (Lipinski definition) is 3. The topological polar surface area (TPSA) is 27.1 Å². The zero-order valence-corrected chi connectivity index (χ0v) is 6.96. The summed E-state index contributed by atoms with van der Waals surface area (Å²) in [6.45, 7) is 1.66. The standard InChI is InChI=1S/C7H10N2OS/c1-2-8-9(3-1)7-6-10-4-5-11-7/h1-3,7H,4-6H2. The van der Waals surface area contributed by atoms with Crippen LogP contribution in [0.1, 0.15) is 5.37 Å². The Morgan fingerprint density at radius 1 is 1.64 bits per heavy atom. The van der Waals surface area contributed by atoms with Crippen LogP contribution in [0.15, 0.2) is 18.5 Å². The second kappa shape index (κ2) is 3.28. The van der Waals surface area contributed by atoms with Crippen LogP contribution >= 0.6 is 11.8 Å². The number of thioether (sulfide) groups is 1. The van der Waals surface area contributed by atoms with E-state index in [1.165, 1.54) is 0 Å². The highest BCUT2D eigenvalue weighted by atomic mass is 32.2. The Bertz CT molecular complexity index is 206. The van der Waals surface area contributed by atoms with Crippen LogP contribution in [-0.4, -0.2) is 28.7 Å². The van der Waals surface area contributed by atoms with Crippen LogP contribution in [0.4, 0.5) is 0 Å². The molecule has 1 aromatic heterocycles. The van der Waals surface area contributed by atoms with E-state index >= 15 is 0 Å². The van der Waals surface area contributed by atoms with E-state index in [2.05, 4.69) is 5.10 Å².